The number of alkyl halides is 3. The highest BCUT2D eigenvalue weighted by Crippen LogP contribution is 2.33. The number of carboxylic acid groups (broad SMARTS) is 1. The Morgan fingerprint density at radius 3 is 2.76 bits per heavy atom. The van der Waals surface area contributed by atoms with Crippen LogP contribution < -0.4 is 5.32 Å². The van der Waals surface area contributed by atoms with Crippen LogP contribution >= 0.6 is 11.3 Å². The van der Waals surface area contributed by atoms with Crippen LogP contribution in [-0.2, 0) is 11.0 Å². The smallest absolute Gasteiger partial charge is 0.416 e. The number of aromatic nitrogens is 3. The third-order valence-corrected chi connectivity index (χ3v) is 4.85. The van der Waals surface area contributed by atoms with Crippen LogP contribution in [0, 0.1) is 6.92 Å². The number of nitrogens with zero attached hydrogens (tertiary/aromatic N) is 3. The lowest BCUT2D eigenvalue weighted by Gasteiger charge is -2.07. The van der Waals surface area contributed by atoms with Gasteiger partial charge < -0.3 is 10.4 Å². The van der Waals surface area contributed by atoms with Gasteiger partial charge >= 0.3 is 12.1 Å². The second kappa shape index (κ2) is 8.03. The van der Waals surface area contributed by atoms with Gasteiger partial charge in [-0.25, -0.2) is 9.67 Å². The van der Waals surface area contributed by atoms with E-state index in [9.17, 15) is 22.8 Å². The molecular weight excluding hydrogens is 409 g/mol. The molecular formula is C18H15F3N4O3S. The number of thiazole rings is 1. The Morgan fingerprint density at radius 1 is 1.31 bits per heavy atom. The van der Waals surface area contributed by atoms with Crippen molar-refractivity contribution in [2.75, 3.05) is 6.54 Å². The minimum Gasteiger partial charge on any atom is -0.481 e. The van der Waals surface area contributed by atoms with E-state index in [2.05, 4.69) is 15.4 Å². The molecule has 0 saturated carbocycles. The summed E-state index contributed by atoms with van der Waals surface area (Å²) in [4.78, 5) is 27.0. The topological polar surface area (TPSA) is 97.1 Å². The van der Waals surface area contributed by atoms with E-state index in [0.717, 1.165) is 12.1 Å². The van der Waals surface area contributed by atoms with Gasteiger partial charge in [0.15, 0.2) is 0 Å². The Balaban J connectivity index is 1.82. The van der Waals surface area contributed by atoms with Crippen molar-refractivity contribution in [3.8, 4) is 16.4 Å². The van der Waals surface area contributed by atoms with Crippen LogP contribution in [0.25, 0.3) is 16.4 Å². The molecule has 0 aliphatic rings. The fourth-order valence-corrected chi connectivity index (χ4v) is 3.39. The lowest BCUT2D eigenvalue weighted by molar-refractivity contribution is -0.138. The van der Waals surface area contributed by atoms with E-state index in [4.69, 9.17) is 5.11 Å². The van der Waals surface area contributed by atoms with Gasteiger partial charge in [0.05, 0.1) is 35.1 Å². The predicted octanol–water partition coefficient (Wildman–Crippen LogP) is 3.53. The van der Waals surface area contributed by atoms with Gasteiger partial charge in [-0.05, 0) is 19.1 Å². The molecule has 0 aliphatic heterocycles. The predicted molar refractivity (Wildman–Crippen MR) is 99.0 cm³/mol. The highest BCUT2D eigenvalue weighted by Gasteiger charge is 2.30. The number of hydrogen-bond acceptors (Lipinski definition) is 5. The number of carboxylic acids is 1. The van der Waals surface area contributed by atoms with Crippen LogP contribution in [0.5, 0.6) is 0 Å². The minimum absolute atomic E-state index is 0.0181. The largest absolute Gasteiger partial charge is 0.481 e. The number of carbonyl (C=O) groups is 2. The third-order valence-electron chi connectivity index (χ3n) is 4.04. The van der Waals surface area contributed by atoms with E-state index in [1.165, 1.54) is 34.3 Å². The van der Waals surface area contributed by atoms with Crippen molar-refractivity contribution < 1.29 is 27.9 Å². The molecule has 0 fully saturated rings. The maximum absolute atomic E-state index is 12.9. The lowest BCUT2D eigenvalue weighted by atomic mass is 10.1. The van der Waals surface area contributed by atoms with Crippen molar-refractivity contribution in [2.45, 2.75) is 19.5 Å². The third kappa shape index (κ3) is 4.62. The molecule has 0 atom stereocenters. The maximum Gasteiger partial charge on any atom is 0.416 e. The van der Waals surface area contributed by atoms with Crippen LogP contribution in [-0.4, -0.2) is 38.3 Å². The zero-order valence-corrected chi connectivity index (χ0v) is 15.8. The molecule has 0 saturated heterocycles. The van der Waals surface area contributed by atoms with Crippen LogP contribution in [0.2, 0.25) is 0 Å². The molecule has 2 aromatic heterocycles. The highest BCUT2D eigenvalue weighted by atomic mass is 32.1. The average molecular weight is 424 g/mol. The zero-order valence-electron chi connectivity index (χ0n) is 15.0. The summed E-state index contributed by atoms with van der Waals surface area (Å²) in [5.74, 6) is -1.49. The summed E-state index contributed by atoms with van der Waals surface area (Å²) in [6.45, 7) is 1.63. The van der Waals surface area contributed by atoms with Crippen LogP contribution in [0.3, 0.4) is 0 Å². The first-order valence-electron chi connectivity index (χ1n) is 8.35. The minimum atomic E-state index is -4.45. The van der Waals surface area contributed by atoms with E-state index in [0.29, 0.717) is 22.1 Å². The summed E-state index contributed by atoms with van der Waals surface area (Å²) in [6.07, 6.45) is -3.32. The summed E-state index contributed by atoms with van der Waals surface area (Å²) in [5, 5.41) is 17.2. The molecule has 29 heavy (non-hydrogen) atoms. The van der Waals surface area contributed by atoms with Crippen LogP contribution in [0.15, 0.2) is 35.8 Å². The van der Waals surface area contributed by atoms with Gasteiger partial charge in [0.2, 0.25) is 5.13 Å². The summed E-state index contributed by atoms with van der Waals surface area (Å²) < 4.78 is 40.2. The van der Waals surface area contributed by atoms with E-state index in [-0.39, 0.29) is 18.5 Å². The molecule has 3 rings (SSSR count). The van der Waals surface area contributed by atoms with Crippen LogP contribution in [0.4, 0.5) is 13.2 Å². The number of nitrogens with one attached hydrogen (secondary N) is 1. The summed E-state index contributed by atoms with van der Waals surface area (Å²) in [6, 6.07) is 4.86. The Hall–Kier alpha value is -3.21. The monoisotopic (exact) mass is 424 g/mol. The van der Waals surface area contributed by atoms with Crippen molar-refractivity contribution in [3.63, 3.8) is 0 Å². The van der Waals surface area contributed by atoms with Gasteiger partial charge in [0, 0.05) is 17.5 Å². The standard InChI is InChI=1S/C18H15F3N4O3S/c1-10-13(16(28)22-6-5-15(26)27)8-23-25(10)17-24-14(9-29-17)11-3-2-4-12(7-11)18(19,20)21/h2-4,7-9H,5-6H2,1H3,(H,22,28)(H,26,27). The van der Waals surface area contributed by atoms with E-state index in [1.54, 1.807) is 12.3 Å². The second-order valence-corrected chi connectivity index (χ2v) is 6.89. The molecule has 0 spiro atoms. The van der Waals surface area contributed by atoms with Crippen molar-refractivity contribution in [3.05, 3.63) is 52.7 Å². The van der Waals surface area contributed by atoms with Crippen molar-refractivity contribution in [1.82, 2.24) is 20.1 Å². The number of rotatable bonds is 6. The first-order chi connectivity index (χ1) is 13.7. The Labute approximate surface area is 166 Å². The molecule has 1 aromatic carbocycles. The first-order valence-corrected chi connectivity index (χ1v) is 9.23. The summed E-state index contributed by atoms with van der Waals surface area (Å²) in [7, 11) is 0. The van der Waals surface area contributed by atoms with Crippen molar-refractivity contribution >= 4 is 23.2 Å². The fraction of sp³-hybridized carbons (Fsp3) is 0.222. The second-order valence-electron chi connectivity index (χ2n) is 6.05. The SMILES string of the molecule is Cc1c(C(=O)NCCC(=O)O)cnn1-c1nc(-c2cccc(C(F)(F)F)c2)cs1. The van der Waals surface area contributed by atoms with Gasteiger partial charge in [-0.2, -0.15) is 18.3 Å². The molecule has 7 nitrogen and oxygen atoms in total. The zero-order chi connectivity index (χ0) is 21.2. The van der Waals surface area contributed by atoms with E-state index in [1.807, 2.05) is 0 Å². The maximum atomic E-state index is 12.9. The van der Waals surface area contributed by atoms with Gasteiger partial charge in [-0.15, -0.1) is 11.3 Å². The normalized spacial score (nSPS) is 11.4. The molecule has 0 radical (unpaired) electrons. The summed E-state index contributed by atoms with van der Waals surface area (Å²) in [5.41, 5.74) is 0.645. The lowest BCUT2D eigenvalue weighted by Crippen LogP contribution is -2.26. The number of benzene rings is 1. The van der Waals surface area contributed by atoms with Gasteiger partial charge in [-0.3, -0.25) is 9.59 Å². The average Bonchev–Trinajstić information content (AvgIpc) is 3.27. The number of halogens is 3. The quantitative estimate of drug-likeness (QED) is 0.631. The molecule has 2 heterocycles. The highest BCUT2D eigenvalue weighted by molar-refractivity contribution is 7.12. The van der Waals surface area contributed by atoms with Gasteiger partial charge in [0.1, 0.15) is 0 Å². The molecule has 0 aliphatic carbocycles. The number of carbonyl (C=O) groups excluding carboxylic acids is 1. The molecule has 3 aromatic rings. The van der Waals surface area contributed by atoms with E-state index < -0.39 is 23.6 Å². The Kier molecular flexibility index (Phi) is 5.69. The Morgan fingerprint density at radius 2 is 2.07 bits per heavy atom. The van der Waals surface area contributed by atoms with Gasteiger partial charge in [-0.1, -0.05) is 12.1 Å². The fourth-order valence-electron chi connectivity index (χ4n) is 2.55. The molecule has 2 N–H and O–H groups in total. The summed E-state index contributed by atoms with van der Waals surface area (Å²) >= 11 is 1.17. The number of aliphatic carboxylic acids is 1. The number of amides is 1. The Bertz CT molecular complexity index is 1060. The van der Waals surface area contributed by atoms with Gasteiger partial charge in [0.25, 0.3) is 5.91 Å². The molecule has 0 unspecified atom stereocenters. The van der Waals surface area contributed by atoms with Crippen LogP contribution in [0.1, 0.15) is 28.0 Å². The molecule has 1 amide bonds. The molecule has 11 heteroatoms. The first kappa shape index (κ1) is 20.5. The van der Waals surface area contributed by atoms with E-state index >= 15 is 0 Å². The van der Waals surface area contributed by atoms with Crippen molar-refractivity contribution in [2.24, 2.45) is 0 Å². The molecule has 0 bridgehead atoms. The van der Waals surface area contributed by atoms with Crippen molar-refractivity contribution in [1.29, 1.82) is 0 Å². The molecule has 152 valence electrons. The number of hydrogen-bond donors (Lipinski definition) is 2.